The normalized spacial score (nSPS) is 19.7. The summed E-state index contributed by atoms with van der Waals surface area (Å²) in [4.78, 5) is 13.3. The Balaban J connectivity index is 1.84. The molecule has 1 heterocycles. The Kier molecular flexibility index (Phi) is 4.24. The van der Waals surface area contributed by atoms with Gasteiger partial charge in [0.1, 0.15) is 5.75 Å². The van der Waals surface area contributed by atoms with Gasteiger partial charge in [0.25, 0.3) is 0 Å². The minimum absolute atomic E-state index is 0.176. The lowest BCUT2D eigenvalue weighted by molar-refractivity contribution is -0.130. The molecule has 1 aromatic rings. The maximum absolute atomic E-state index is 11.3. The van der Waals surface area contributed by atoms with Crippen molar-refractivity contribution in [2.24, 2.45) is 5.92 Å². The first kappa shape index (κ1) is 12.9. The highest BCUT2D eigenvalue weighted by molar-refractivity contribution is 5.73. The van der Waals surface area contributed by atoms with Crippen LogP contribution in [0.1, 0.15) is 25.3 Å². The lowest BCUT2D eigenvalue weighted by Gasteiger charge is -2.31. The van der Waals surface area contributed by atoms with Crippen molar-refractivity contribution in [2.75, 3.05) is 19.7 Å². The predicted octanol–water partition coefficient (Wildman–Crippen LogP) is 2.63. The second kappa shape index (κ2) is 5.89. The maximum atomic E-state index is 11.3. The van der Waals surface area contributed by atoms with Crippen LogP contribution in [0.3, 0.4) is 0 Å². The Morgan fingerprint density at radius 2 is 2.33 bits per heavy atom. The number of likely N-dealkylation sites (tertiary alicyclic amines) is 1. The molecule has 0 unspecified atom stereocenters. The lowest BCUT2D eigenvalue weighted by Crippen LogP contribution is -2.40. The van der Waals surface area contributed by atoms with Gasteiger partial charge >= 0.3 is 0 Å². The van der Waals surface area contributed by atoms with E-state index in [1.807, 2.05) is 23.1 Å². The van der Waals surface area contributed by atoms with Crippen LogP contribution in [0.25, 0.3) is 0 Å². The molecule has 0 aliphatic carbocycles. The molecule has 1 aromatic carbocycles. The standard InChI is InChI=1S/C15H21NO2/c1-12-5-3-7-15(9-12)18-11-14-6-4-8-16(10-14)13(2)17/h3,5,7,9,14H,4,6,8,10-11H2,1-2H3/t14-/m0/s1. The highest BCUT2D eigenvalue weighted by atomic mass is 16.5. The average Bonchev–Trinajstić information content (AvgIpc) is 2.37. The maximum Gasteiger partial charge on any atom is 0.219 e. The van der Waals surface area contributed by atoms with E-state index in [1.165, 1.54) is 5.56 Å². The fourth-order valence-corrected chi connectivity index (χ4v) is 2.41. The van der Waals surface area contributed by atoms with E-state index in [2.05, 4.69) is 13.0 Å². The zero-order chi connectivity index (χ0) is 13.0. The van der Waals surface area contributed by atoms with Crippen LogP contribution in [0, 0.1) is 12.8 Å². The third-order valence-electron chi connectivity index (χ3n) is 3.44. The fraction of sp³-hybridized carbons (Fsp3) is 0.533. The van der Waals surface area contributed by atoms with Crippen LogP contribution in [0.15, 0.2) is 24.3 Å². The number of nitrogens with zero attached hydrogens (tertiary/aromatic N) is 1. The summed E-state index contributed by atoms with van der Waals surface area (Å²) in [6.07, 6.45) is 2.23. The first-order chi connectivity index (χ1) is 8.65. The van der Waals surface area contributed by atoms with E-state index in [0.717, 1.165) is 31.7 Å². The highest BCUT2D eigenvalue weighted by Gasteiger charge is 2.21. The molecule has 1 atom stereocenters. The minimum atomic E-state index is 0.176. The van der Waals surface area contributed by atoms with Gasteiger partial charge in [-0.3, -0.25) is 4.79 Å². The van der Waals surface area contributed by atoms with Crippen LogP contribution < -0.4 is 4.74 Å². The summed E-state index contributed by atoms with van der Waals surface area (Å²) < 4.78 is 5.82. The first-order valence-electron chi connectivity index (χ1n) is 6.60. The molecule has 1 fully saturated rings. The van der Waals surface area contributed by atoms with Crippen molar-refractivity contribution in [3.05, 3.63) is 29.8 Å². The van der Waals surface area contributed by atoms with Gasteiger partial charge in [-0.1, -0.05) is 12.1 Å². The van der Waals surface area contributed by atoms with E-state index >= 15 is 0 Å². The molecule has 3 nitrogen and oxygen atoms in total. The number of hydrogen-bond donors (Lipinski definition) is 0. The van der Waals surface area contributed by atoms with Gasteiger partial charge in [-0.05, 0) is 37.5 Å². The Bertz CT molecular complexity index is 417. The second-order valence-corrected chi connectivity index (χ2v) is 5.10. The molecule has 0 spiro atoms. The number of carbonyl (C=O) groups is 1. The molecule has 98 valence electrons. The fourth-order valence-electron chi connectivity index (χ4n) is 2.41. The molecule has 0 N–H and O–H groups in total. The van der Waals surface area contributed by atoms with Crippen molar-refractivity contribution in [3.8, 4) is 5.75 Å². The molecule has 3 heteroatoms. The largest absolute Gasteiger partial charge is 0.493 e. The van der Waals surface area contributed by atoms with Crippen molar-refractivity contribution in [1.29, 1.82) is 0 Å². The molecular formula is C15H21NO2. The van der Waals surface area contributed by atoms with Gasteiger partial charge in [0, 0.05) is 25.9 Å². The number of aryl methyl sites for hydroxylation is 1. The zero-order valence-corrected chi connectivity index (χ0v) is 11.2. The number of piperidine rings is 1. The molecule has 1 aliphatic heterocycles. The van der Waals surface area contributed by atoms with Crippen molar-refractivity contribution < 1.29 is 9.53 Å². The van der Waals surface area contributed by atoms with Gasteiger partial charge in [0.05, 0.1) is 6.61 Å². The van der Waals surface area contributed by atoms with Crippen LogP contribution in [0.4, 0.5) is 0 Å². The molecular weight excluding hydrogens is 226 g/mol. The topological polar surface area (TPSA) is 29.5 Å². The SMILES string of the molecule is CC(=O)N1CCC[C@H](COc2cccc(C)c2)C1. The van der Waals surface area contributed by atoms with Crippen molar-refractivity contribution >= 4 is 5.91 Å². The van der Waals surface area contributed by atoms with Crippen LogP contribution in [0.5, 0.6) is 5.75 Å². The van der Waals surface area contributed by atoms with Crippen LogP contribution in [-0.4, -0.2) is 30.5 Å². The first-order valence-corrected chi connectivity index (χ1v) is 6.60. The van der Waals surface area contributed by atoms with E-state index in [4.69, 9.17) is 4.74 Å². The van der Waals surface area contributed by atoms with Crippen molar-refractivity contribution in [1.82, 2.24) is 4.90 Å². The summed E-state index contributed by atoms with van der Waals surface area (Å²) in [5.74, 6) is 1.56. The Morgan fingerprint density at radius 1 is 1.50 bits per heavy atom. The molecule has 2 rings (SSSR count). The van der Waals surface area contributed by atoms with Crippen LogP contribution >= 0.6 is 0 Å². The summed E-state index contributed by atoms with van der Waals surface area (Å²) in [6.45, 7) is 6.14. The van der Waals surface area contributed by atoms with E-state index in [-0.39, 0.29) is 5.91 Å². The summed E-state index contributed by atoms with van der Waals surface area (Å²) in [7, 11) is 0. The van der Waals surface area contributed by atoms with Crippen LogP contribution in [0.2, 0.25) is 0 Å². The van der Waals surface area contributed by atoms with Gasteiger partial charge in [0.2, 0.25) is 5.91 Å². The van der Waals surface area contributed by atoms with Gasteiger partial charge in [-0.25, -0.2) is 0 Å². The van der Waals surface area contributed by atoms with Gasteiger partial charge in [-0.15, -0.1) is 0 Å². The molecule has 0 radical (unpaired) electrons. The number of benzene rings is 1. The predicted molar refractivity (Wildman–Crippen MR) is 71.7 cm³/mol. The van der Waals surface area contributed by atoms with Crippen LogP contribution in [-0.2, 0) is 4.79 Å². The van der Waals surface area contributed by atoms with E-state index < -0.39 is 0 Å². The Labute approximate surface area is 109 Å². The molecule has 0 aromatic heterocycles. The highest BCUT2D eigenvalue weighted by Crippen LogP contribution is 2.19. The summed E-state index contributed by atoms with van der Waals surface area (Å²) in [5.41, 5.74) is 1.21. The quantitative estimate of drug-likeness (QED) is 0.821. The van der Waals surface area contributed by atoms with Crippen molar-refractivity contribution in [2.45, 2.75) is 26.7 Å². The van der Waals surface area contributed by atoms with Gasteiger partial charge in [-0.2, -0.15) is 0 Å². The molecule has 18 heavy (non-hydrogen) atoms. The molecule has 1 saturated heterocycles. The van der Waals surface area contributed by atoms with E-state index in [0.29, 0.717) is 12.5 Å². The van der Waals surface area contributed by atoms with Crippen molar-refractivity contribution in [3.63, 3.8) is 0 Å². The Morgan fingerprint density at radius 3 is 3.06 bits per heavy atom. The molecule has 0 saturated carbocycles. The van der Waals surface area contributed by atoms with Gasteiger partial charge < -0.3 is 9.64 Å². The summed E-state index contributed by atoms with van der Waals surface area (Å²) in [6, 6.07) is 8.10. The number of amides is 1. The second-order valence-electron chi connectivity index (χ2n) is 5.10. The third-order valence-corrected chi connectivity index (χ3v) is 3.44. The number of hydrogen-bond acceptors (Lipinski definition) is 2. The van der Waals surface area contributed by atoms with E-state index in [1.54, 1.807) is 6.92 Å². The molecule has 1 amide bonds. The minimum Gasteiger partial charge on any atom is -0.493 e. The zero-order valence-electron chi connectivity index (χ0n) is 11.2. The lowest BCUT2D eigenvalue weighted by atomic mass is 9.99. The number of carbonyl (C=O) groups excluding carboxylic acids is 1. The monoisotopic (exact) mass is 247 g/mol. The summed E-state index contributed by atoms with van der Waals surface area (Å²) >= 11 is 0. The third kappa shape index (κ3) is 3.49. The van der Waals surface area contributed by atoms with E-state index in [9.17, 15) is 4.79 Å². The smallest absolute Gasteiger partial charge is 0.219 e. The van der Waals surface area contributed by atoms with Gasteiger partial charge in [0.15, 0.2) is 0 Å². The molecule has 1 aliphatic rings. The average molecular weight is 247 g/mol. The number of rotatable bonds is 3. The molecule has 0 bridgehead atoms. The Hall–Kier alpha value is -1.51. The number of ether oxygens (including phenoxy) is 1. The summed E-state index contributed by atoms with van der Waals surface area (Å²) in [5, 5.41) is 0.